The number of ketones is 2. The maximum Gasteiger partial charge on any atom is 0.339 e. The van der Waals surface area contributed by atoms with Crippen molar-refractivity contribution in [3.8, 4) is 0 Å². The molecule has 0 saturated heterocycles. The van der Waals surface area contributed by atoms with Gasteiger partial charge in [0.1, 0.15) is 0 Å². The van der Waals surface area contributed by atoms with E-state index in [4.69, 9.17) is 4.74 Å². The number of benzene rings is 3. The number of amides is 1. The number of para-hydroxylation sites is 1. The molecule has 0 fully saturated rings. The highest BCUT2D eigenvalue weighted by Gasteiger charge is 2.33. The van der Waals surface area contributed by atoms with Crippen LogP contribution in [0.1, 0.15) is 42.2 Å². The number of hydrogen-bond donors (Lipinski definition) is 1. The van der Waals surface area contributed by atoms with E-state index < -0.39 is 30.0 Å². The number of alkyl halides is 2. The molecule has 166 valence electrons. The first kappa shape index (κ1) is 22.3. The Balaban J connectivity index is 1.50. The standard InChI is InChI=1S/C24H15F2NO5S/c25-24(26)33-18-11-4-3-10-17(18)27-19(28)12-32-23(31)16-9-5-8-15-20(16)22(30)14-7-2-1-6-13(14)21(15)29/h1-11,24H,12H2,(H,27,28). The predicted molar refractivity (Wildman–Crippen MR) is 117 cm³/mol. The molecule has 0 spiro atoms. The Labute approximate surface area is 190 Å². The van der Waals surface area contributed by atoms with Gasteiger partial charge in [-0.2, -0.15) is 8.78 Å². The molecule has 0 unspecified atom stereocenters. The van der Waals surface area contributed by atoms with Gasteiger partial charge in [-0.05, 0) is 18.2 Å². The van der Waals surface area contributed by atoms with Crippen LogP contribution in [-0.4, -0.2) is 35.8 Å². The number of fused-ring (bicyclic) bond motifs is 2. The van der Waals surface area contributed by atoms with Gasteiger partial charge in [0.25, 0.3) is 11.7 Å². The van der Waals surface area contributed by atoms with Crippen molar-refractivity contribution in [2.24, 2.45) is 0 Å². The van der Waals surface area contributed by atoms with Gasteiger partial charge in [0.15, 0.2) is 18.2 Å². The summed E-state index contributed by atoms with van der Waals surface area (Å²) in [4.78, 5) is 50.9. The van der Waals surface area contributed by atoms with E-state index in [0.29, 0.717) is 0 Å². The Hall–Kier alpha value is -3.85. The lowest BCUT2D eigenvalue weighted by molar-refractivity contribution is -0.119. The molecule has 1 N–H and O–H groups in total. The summed E-state index contributed by atoms with van der Waals surface area (Å²) in [7, 11) is 0. The van der Waals surface area contributed by atoms with E-state index in [9.17, 15) is 28.0 Å². The quantitative estimate of drug-likeness (QED) is 0.330. The van der Waals surface area contributed by atoms with Crippen LogP contribution in [0, 0.1) is 0 Å². The number of ether oxygens (including phenoxy) is 1. The summed E-state index contributed by atoms with van der Waals surface area (Å²) in [6.07, 6.45) is 0. The first-order chi connectivity index (χ1) is 15.9. The Morgan fingerprint density at radius 2 is 1.48 bits per heavy atom. The molecule has 0 heterocycles. The van der Waals surface area contributed by atoms with E-state index in [0.717, 1.165) is 0 Å². The highest BCUT2D eigenvalue weighted by molar-refractivity contribution is 7.99. The molecule has 0 saturated carbocycles. The Kier molecular flexibility index (Phi) is 6.32. The van der Waals surface area contributed by atoms with E-state index in [2.05, 4.69) is 5.32 Å². The van der Waals surface area contributed by atoms with Crippen LogP contribution in [0.2, 0.25) is 0 Å². The van der Waals surface area contributed by atoms with Crippen LogP contribution in [0.25, 0.3) is 0 Å². The highest BCUT2D eigenvalue weighted by Crippen LogP contribution is 2.32. The molecule has 3 aromatic rings. The van der Waals surface area contributed by atoms with E-state index in [1.54, 1.807) is 24.3 Å². The molecular weight excluding hydrogens is 452 g/mol. The average Bonchev–Trinajstić information content (AvgIpc) is 2.81. The van der Waals surface area contributed by atoms with Crippen molar-refractivity contribution in [2.75, 3.05) is 11.9 Å². The zero-order chi connectivity index (χ0) is 23.5. The second kappa shape index (κ2) is 9.33. The van der Waals surface area contributed by atoms with Gasteiger partial charge < -0.3 is 10.1 Å². The minimum atomic E-state index is -2.67. The van der Waals surface area contributed by atoms with Crippen LogP contribution in [0.15, 0.2) is 71.6 Å². The summed E-state index contributed by atoms with van der Waals surface area (Å²) in [6.45, 7) is -0.713. The van der Waals surface area contributed by atoms with E-state index in [1.165, 1.54) is 42.5 Å². The number of nitrogens with one attached hydrogen (secondary N) is 1. The molecular formula is C24H15F2NO5S. The predicted octanol–water partition coefficient (Wildman–Crippen LogP) is 4.57. The lowest BCUT2D eigenvalue weighted by Gasteiger charge is -2.19. The van der Waals surface area contributed by atoms with Gasteiger partial charge in [0.05, 0.1) is 11.3 Å². The van der Waals surface area contributed by atoms with Crippen LogP contribution >= 0.6 is 11.8 Å². The number of rotatable bonds is 6. The molecule has 9 heteroatoms. The van der Waals surface area contributed by atoms with Crippen molar-refractivity contribution in [1.29, 1.82) is 0 Å². The van der Waals surface area contributed by atoms with Crippen LogP contribution in [0.5, 0.6) is 0 Å². The molecule has 0 aromatic heterocycles. The fraction of sp³-hybridized carbons (Fsp3) is 0.0833. The number of hydrogen-bond acceptors (Lipinski definition) is 6. The average molecular weight is 467 g/mol. The monoisotopic (exact) mass is 467 g/mol. The third-order valence-corrected chi connectivity index (χ3v) is 5.67. The maximum absolute atomic E-state index is 13.0. The SMILES string of the molecule is O=C(COC(=O)c1cccc2c1C(=O)c1ccccc1C2=O)Nc1ccccc1SC(F)F. The number of halogens is 2. The van der Waals surface area contributed by atoms with Crippen LogP contribution in [0.3, 0.4) is 0 Å². The molecule has 1 amide bonds. The number of thioether (sulfide) groups is 1. The third kappa shape index (κ3) is 4.54. The smallest absolute Gasteiger partial charge is 0.339 e. The molecule has 4 rings (SSSR count). The van der Waals surface area contributed by atoms with Crippen molar-refractivity contribution >= 4 is 40.9 Å². The topological polar surface area (TPSA) is 89.5 Å². The molecule has 1 aliphatic rings. The van der Waals surface area contributed by atoms with E-state index in [1.807, 2.05) is 0 Å². The molecule has 0 aliphatic heterocycles. The van der Waals surface area contributed by atoms with Gasteiger partial charge in [-0.3, -0.25) is 14.4 Å². The first-order valence-corrected chi connectivity index (χ1v) is 10.6. The fourth-order valence-corrected chi connectivity index (χ4v) is 4.07. The molecule has 3 aromatic carbocycles. The minimum absolute atomic E-state index is 0.0784. The number of esters is 1. The van der Waals surface area contributed by atoms with Crippen molar-refractivity contribution in [1.82, 2.24) is 0 Å². The van der Waals surface area contributed by atoms with Crippen LogP contribution < -0.4 is 5.32 Å². The van der Waals surface area contributed by atoms with Crippen LogP contribution in [-0.2, 0) is 9.53 Å². The maximum atomic E-state index is 13.0. The van der Waals surface area contributed by atoms with Crippen LogP contribution in [0.4, 0.5) is 14.5 Å². The molecule has 0 atom stereocenters. The first-order valence-electron chi connectivity index (χ1n) is 9.69. The second-order valence-electron chi connectivity index (χ2n) is 6.93. The highest BCUT2D eigenvalue weighted by atomic mass is 32.2. The van der Waals surface area contributed by atoms with Gasteiger partial charge in [-0.1, -0.05) is 60.3 Å². The van der Waals surface area contributed by atoms with Crippen molar-refractivity contribution in [3.63, 3.8) is 0 Å². The molecule has 1 aliphatic carbocycles. The normalized spacial score (nSPS) is 12.2. The fourth-order valence-electron chi connectivity index (χ4n) is 3.48. The summed E-state index contributed by atoms with van der Waals surface area (Å²) < 4.78 is 30.4. The van der Waals surface area contributed by atoms with Gasteiger partial charge in [0, 0.05) is 27.1 Å². The zero-order valence-corrected chi connectivity index (χ0v) is 17.7. The Morgan fingerprint density at radius 3 is 2.21 bits per heavy atom. The van der Waals surface area contributed by atoms with Gasteiger partial charge in [-0.25, -0.2) is 4.79 Å². The summed E-state index contributed by atoms with van der Waals surface area (Å²) >= 11 is 0.273. The number of anilines is 1. The van der Waals surface area contributed by atoms with Gasteiger partial charge >= 0.3 is 5.97 Å². The van der Waals surface area contributed by atoms with E-state index in [-0.39, 0.29) is 55.9 Å². The summed E-state index contributed by atoms with van der Waals surface area (Å²) in [6, 6.07) is 16.5. The van der Waals surface area contributed by atoms with Crippen molar-refractivity contribution in [3.05, 3.63) is 94.5 Å². The Bertz CT molecular complexity index is 1290. The summed E-state index contributed by atoms with van der Waals surface area (Å²) in [5.74, 6) is -5.26. The number of carbonyl (C=O) groups excluding carboxylic acids is 4. The molecule has 0 radical (unpaired) electrons. The van der Waals surface area contributed by atoms with Gasteiger partial charge in [-0.15, -0.1) is 0 Å². The summed E-state index contributed by atoms with van der Waals surface area (Å²) in [5.41, 5.74) is 0.447. The van der Waals surface area contributed by atoms with Gasteiger partial charge in [0.2, 0.25) is 0 Å². The molecule has 6 nitrogen and oxygen atoms in total. The third-order valence-electron chi connectivity index (χ3n) is 4.88. The minimum Gasteiger partial charge on any atom is -0.452 e. The lowest BCUT2D eigenvalue weighted by Crippen LogP contribution is -2.26. The molecule has 33 heavy (non-hydrogen) atoms. The van der Waals surface area contributed by atoms with Crippen molar-refractivity contribution < 1.29 is 32.7 Å². The zero-order valence-electron chi connectivity index (χ0n) is 16.8. The largest absolute Gasteiger partial charge is 0.452 e. The van der Waals surface area contributed by atoms with Crippen molar-refractivity contribution in [2.45, 2.75) is 10.7 Å². The van der Waals surface area contributed by atoms with E-state index >= 15 is 0 Å². The lowest BCUT2D eigenvalue weighted by atomic mass is 9.82. The number of carbonyl (C=O) groups is 4. The Morgan fingerprint density at radius 1 is 0.848 bits per heavy atom. The second-order valence-corrected chi connectivity index (χ2v) is 7.96. The molecule has 0 bridgehead atoms. The summed E-state index contributed by atoms with van der Waals surface area (Å²) in [5, 5.41) is 2.42.